The Morgan fingerprint density at radius 2 is 1.79 bits per heavy atom. The number of aliphatic carboxylic acids is 1. The zero-order valence-electron chi connectivity index (χ0n) is 12.7. The number of benzene rings is 1. The van der Waals surface area contributed by atoms with Crippen molar-refractivity contribution in [3.8, 4) is 0 Å². The Morgan fingerprint density at radius 1 is 1.17 bits per heavy atom. The highest BCUT2D eigenvalue weighted by atomic mass is 16.4. The van der Waals surface area contributed by atoms with E-state index in [9.17, 15) is 14.4 Å². The van der Waals surface area contributed by atoms with Crippen LogP contribution in [-0.4, -0.2) is 38.7 Å². The van der Waals surface area contributed by atoms with E-state index in [1.807, 2.05) is 0 Å². The molecule has 3 rings (SSSR count). The largest absolute Gasteiger partial charge is 0.481 e. The van der Waals surface area contributed by atoms with Crippen LogP contribution in [0, 0.1) is 0 Å². The summed E-state index contributed by atoms with van der Waals surface area (Å²) in [5.41, 5.74) is 7.58. The Bertz CT molecular complexity index is 889. The minimum Gasteiger partial charge on any atom is -0.481 e. The van der Waals surface area contributed by atoms with Crippen LogP contribution in [0.4, 0.5) is 0 Å². The number of allylic oxidation sites excluding steroid dienone is 1. The number of rotatable bonds is 5. The number of nitrogens with two attached hydrogens (primary N) is 1. The highest BCUT2D eigenvalue weighted by Crippen LogP contribution is 2.27. The van der Waals surface area contributed by atoms with Crippen molar-refractivity contribution in [2.75, 3.05) is 0 Å². The van der Waals surface area contributed by atoms with Gasteiger partial charge in [-0.25, -0.2) is 9.97 Å². The lowest BCUT2D eigenvalue weighted by Crippen LogP contribution is -2.33. The van der Waals surface area contributed by atoms with Gasteiger partial charge >= 0.3 is 5.97 Å². The Labute approximate surface area is 137 Å². The summed E-state index contributed by atoms with van der Waals surface area (Å²) in [6.45, 7) is 0. The van der Waals surface area contributed by atoms with Gasteiger partial charge in [0.05, 0.1) is 17.1 Å². The number of para-hydroxylation sites is 2. The molecule has 1 aromatic carbocycles. The van der Waals surface area contributed by atoms with Crippen LogP contribution in [0.25, 0.3) is 16.6 Å². The van der Waals surface area contributed by atoms with E-state index in [2.05, 4.69) is 9.97 Å². The van der Waals surface area contributed by atoms with Crippen molar-refractivity contribution in [2.45, 2.75) is 25.3 Å². The minimum atomic E-state index is -1.02. The van der Waals surface area contributed by atoms with Gasteiger partial charge in [0.2, 0.25) is 0 Å². The quantitative estimate of drug-likeness (QED) is 0.850. The highest BCUT2D eigenvalue weighted by Gasteiger charge is 2.29. The normalized spacial score (nSPS) is 14.9. The van der Waals surface area contributed by atoms with Gasteiger partial charge in [-0.3, -0.25) is 14.4 Å². The third-order valence-corrected chi connectivity index (χ3v) is 3.85. The fourth-order valence-corrected chi connectivity index (χ4v) is 2.60. The van der Waals surface area contributed by atoms with Crippen molar-refractivity contribution in [2.24, 2.45) is 5.73 Å². The van der Waals surface area contributed by atoms with Crippen LogP contribution in [0.2, 0.25) is 0 Å². The Kier molecular flexibility index (Phi) is 4.18. The fourth-order valence-electron chi connectivity index (χ4n) is 2.60. The first-order valence-corrected chi connectivity index (χ1v) is 7.49. The molecule has 0 saturated carbocycles. The van der Waals surface area contributed by atoms with Crippen molar-refractivity contribution in [3.05, 3.63) is 41.7 Å². The number of fused-ring (bicyclic) bond motifs is 2. The van der Waals surface area contributed by atoms with Crippen LogP contribution < -0.4 is 5.73 Å². The summed E-state index contributed by atoms with van der Waals surface area (Å²) < 4.78 is 0. The molecule has 0 fully saturated rings. The summed E-state index contributed by atoms with van der Waals surface area (Å²) in [5, 5.41) is 8.72. The number of carbonyl (C=O) groups is 3. The minimum absolute atomic E-state index is 0.0236. The lowest BCUT2D eigenvalue weighted by atomic mass is 9.91. The molecule has 0 radical (unpaired) electrons. The van der Waals surface area contributed by atoms with Crippen molar-refractivity contribution in [1.82, 2.24) is 9.97 Å². The SMILES string of the molecule is N[C@@H](CCC(=O)O)C(=O)C1=CCC(=O)c2nc3ccccc3nc21. The molecular formula is C17H15N3O4. The van der Waals surface area contributed by atoms with E-state index in [4.69, 9.17) is 10.8 Å². The first-order chi connectivity index (χ1) is 11.5. The lowest BCUT2D eigenvalue weighted by Gasteiger charge is -2.18. The Hall–Kier alpha value is -2.93. The third kappa shape index (κ3) is 2.93. The first kappa shape index (κ1) is 15.9. The smallest absolute Gasteiger partial charge is 0.303 e. The van der Waals surface area contributed by atoms with Crippen molar-refractivity contribution < 1.29 is 19.5 Å². The molecule has 1 aliphatic rings. The molecule has 122 valence electrons. The van der Waals surface area contributed by atoms with Gasteiger partial charge in [-0.1, -0.05) is 18.2 Å². The maximum atomic E-state index is 12.6. The number of aromatic nitrogens is 2. The maximum Gasteiger partial charge on any atom is 0.303 e. The van der Waals surface area contributed by atoms with Gasteiger partial charge in [0.25, 0.3) is 0 Å². The Morgan fingerprint density at radius 3 is 2.42 bits per heavy atom. The monoisotopic (exact) mass is 325 g/mol. The molecule has 0 aliphatic heterocycles. The molecule has 0 unspecified atom stereocenters. The average molecular weight is 325 g/mol. The fraction of sp³-hybridized carbons (Fsp3) is 0.235. The maximum absolute atomic E-state index is 12.6. The third-order valence-electron chi connectivity index (χ3n) is 3.85. The molecule has 0 spiro atoms. The molecule has 0 saturated heterocycles. The molecule has 24 heavy (non-hydrogen) atoms. The molecule has 1 aromatic heterocycles. The van der Waals surface area contributed by atoms with E-state index in [-0.39, 0.29) is 42.0 Å². The van der Waals surface area contributed by atoms with Gasteiger partial charge in [-0.15, -0.1) is 0 Å². The number of carbonyl (C=O) groups excluding carboxylic acids is 2. The molecule has 1 aliphatic carbocycles. The standard InChI is InChI=1S/C17H15N3O4/c18-10(6-8-14(22)23)17(24)9-5-7-13(21)16-15(9)19-11-3-1-2-4-12(11)20-16/h1-5,10H,6-8,18H2,(H,22,23)/t10-/m0/s1. The highest BCUT2D eigenvalue weighted by molar-refractivity contribution is 6.26. The number of carboxylic acid groups (broad SMARTS) is 1. The number of hydrogen-bond donors (Lipinski definition) is 2. The predicted molar refractivity (Wildman–Crippen MR) is 86.3 cm³/mol. The van der Waals surface area contributed by atoms with E-state index in [0.29, 0.717) is 11.0 Å². The van der Waals surface area contributed by atoms with Crippen LogP contribution in [0.5, 0.6) is 0 Å². The molecule has 0 amide bonds. The second kappa shape index (κ2) is 6.29. The van der Waals surface area contributed by atoms with E-state index in [0.717, 1.165) is 0 Å². The van der Waals surface area contributed by atoms with Crippen LogP contribution in [0.15, 0.2) is 30.3 Å². The van der Waals surface area contributed by atoms with Gasteiger partial charge in [-0.2, -0.15) is 0 Å². The van der Waals surface area contributed by atoms with Gasteiger partial charge in [0, 0.05) is 18.4 Å². The molecular weight excluding hydrogens is 310 g/mol. The van der Waals surface area contributed by atoms with Crippen LogP contribution in [0.3, 0.4) is 0 Å². The van der Waals surface area contributed by atoms with E-state index >= 15 is 0 Å². The van der Waals surface area contributed by atoms with E-state index in [1.54, 1.807) is 24.3 Å². The summed E-state index contributed by atoms with van der Waals surface area (Å²) in [6.07, 6.45) is 1.37. The molecule has 7 nitrogen and oxygen atoms in total. The first-order valence-electron chi connectivity index (χ1n) is 7.49. The molecule has 3 N–H and O–H groups in total. The second-order valence-electron chi connectivity index (χ2n) is 5.56. The summed E-state index contributed by atoms with van der Waals surface area (Å²) >= 11 is 0. The van der Waals surface area contributed by atoms with Gasteiger partial charge in [0.15, 0.2) is 11.6 Å². The van der Waals surface area contributed by atoms with Crippen LogP contribution in [-0.2, 0) is 9.59 Å². The number of carboxylic acids is 1. The number of nitrogens with zero attached hydrogens (tertiary/aromatic N) is 2. The summed E-state index contributed by atoms with van der Waals surface area (Å²) in [4.78, 5) is 44.0. The van der Waals surface area contributed by atoms with E-state index < -0.39 is 17.8 Å². The predicted octanol–water partition coefficient (Wildman–Crippen LogP) is 1.36. The van der Waals surface area contributed by atoms with E-state index in [1.165, 1.54) is 6.08 Å². The molecule has 1 heterocycles. The molecule has 0 bridgehead atoms. The summed E-state index contributed by atoms with van der Waals surface area (Å²) in [7, 11) is 0. The number of ketones is 2. The zero-order chi connectivity index (χ0) is 17.3. The van der Waals surface area contributed by atoms with Gasteiger partial charge in [0.1, 0.15) is 11.4 Å². The van der Waals surface area contributed by atoms with Gasteiger partial charge < -0.3 is 10.8 Å². The number of hydrogen-bond acceptors (Lipinski definition) is 6. The van der Waals surface area contributed by atoms with Crippen molar-refractivity contribution in [3.63, 3.8) is 0 Å². The molecule has 2 aromatic rings. The van der Waals surface area contributed by atoms with Crippen LogP contribution in [0.1, 0.15) is 35.4 Å². The summed E-state index contributed by atoms with van der Waals surface area (Å²) in [6, 6.07) is 6.11. The van der Waals surface area contributed by atoms with Crippen molar-refractivity contribution >= 4 is 34.1 Å². The summed E-state index contributed by atoms with van der Waals surface area (Å²) in [5.74, 6) is -1.65. The molecule has 1 atom stereocenters. The van der Waals surface area contributed by atoms with Gasteiger partial charge in [-0.05, 0) is 18.6 Å². The van der Waals surface area contributed by atoms with Crippen molar-refractivity contribution in [1.29, 1.82) is 0 Å². The number of Topliss-reactive ketones (excluding diaryl/α,β-unsaturated/α-hetero) is 2. The molecule has 7 heteroatoms. The van der Waals surface area contributed by atoms with Crippen LogP contribution >= 0.6 is 0 Å². The zero-order valence-corrected chi connectivity index (χ0v) is 12.7. The Balaban J connectivity index is 1.99. The lowest BCUT2D eigenvalue weighted by molar-refractivity contribution is -0.137. The second-order valence-corrected chi connectivity index (χ2v) is 5.56. The topological polar surface area (TPSA) is 123 Å². The average Bonchev–Trinajstić information content (AvgIpc) is 2.58.